The van der Waals surface area contributed by atoms with Crippen molar-refractivity contribution in [1.29, 1.82) is 0 Å². The van der Waals surface area contributed by atoms with Crippen LogP contribution < -0.4 is 10.2 Å². The molecule has 3 aromatic rings. The van der Waals surface area contributed by atoms with Gasteiger partial charge in [-0.1, -0.05) is 6.07 Å². The summed E-state index contributed by atoms with van der Waals surface area (Å²) in [6.07, 6.45) is 5.22. The number of rotatable bonds is 4. The summed E-state index contributed by atoms with van der Waals surface area (Å²) >= 11 is 1.83. The molecular formula is C22H24FN3O2S. The Hall–Kier alpha value is -2.38. The van der Waals surface area contributed by atoms with Crippen molar-refractivity contribution in [2.75, 3.05) is 42.9 Å². The number of hydrogen-bond acceptors (Lipinski definition) is 5. The average molecular weight is 414 g/mol. The van der Waals surface area contributed by atoms with Crippen LogP contribution in [0.15, 0.2) is 34.9 Å². The second kappa shape index (κ2) is 7.80. The number of carbonyl (C=O) groups is 1. The van der Waals surface area contributed by atoms with Crippen LogP contribution in [0.2, 0.25) is 0 Å². The van der Waals surface area contributed by atoms with E-state index < -0.39 is 0 Å². The van der Waals surface area contributed by atoms with E-state index in [9.17, 15) is 9.18 Å². The molecule has 0 radical (unpaired) electrons. The summed E-state index contributed by atoms with van der Waals surface area (Å²) in [7, 11) is 0. The Balaban J connectivity index is 1.19. The van der Waals surface area contributed by atoms with Gasteiger partial charge in [-0.25, -0.2) is 4.39 Å². The molecule has 4 heterocycles. The number of halogens is 1. The van der Waals surface area contributed by atoms with Crippen molar-refractivity contribution in [3.8, 4) is 0 Å². The summed E-state index contributed by atoms with van der Waals surface area (Å²) in [5, 5.41) is 3.62. The number of fused-ring (bicyclic) bond motifs is 2. The summed E-state index contributed by atoms with van der Waals surface area (Å²) in [5.74, 6) is -0.0920. The molecule has 0 spiro atoms. The highest BCUT2D eigenvalue weighted by atomic mass is 32.1. The van der Waals surface area contributed by atoms with Gasteiger partial charge in [0.25, 0.3) is 0 Å². The van der Waals surface area contributed by atoms with Crippen molar-refractivity contribution in [3.63, 3.8) is 0 Å². The number of piperazine rings is 1. The Morgan fingerprint density at radius 3 is 2.90 bits per heavy atom. The Morgan fingerprint density at radius 1 is 1.17 bits per heavy atom. The lowest BCUT2D eigenvalue weighted by Crippen LogP contribution is -2.46. The fourth-order valence-corrected chi connectivity index (χ4v) is 5.42. The van der Waals surface area contributed by atoms with Gasteiger partial charge in [-0.15, -0.1) is 11.3 Å². The molecule has 0 unspecified atom stereocenters. The van der Waals surface area contributed by atoms with Crippen LogP contribution in [0.4, 0.5) is 15.8 Å². The number of furan rings is 1. The van der Waals surface area contributed by atoms with Gasteiger partial charge in [-0.2, -0.15) is 0 Å². The first-order chi connectivity index (χ1) is 14.2. The molecule has 0 aliphatic carbocycles. The minimum atomic E-state index is -0.224. The highest BCUT2D eigenvalue weighted by Gasteiger charge is 2.22. The Kier molecular flexibility index (Phi) is 5.01. The van der Waals surface area contributed by atoms with Crippen molar-refractivity contribution < 1.29 is 13.6 Å². The molecule has 1 N–H and O–H groups in total. The Bertz CT molecular complexity index is 1040. The summed E-state index contributed by atoms with van der Waals surface area (Å²) in [4.78, 5) is 19.1. The molecule has 29 heavy (non-hydrogen) atoms. The van der Waals surface area contributed by atoms with E-state index in [0.29, 0.717) is 17.4 Å². The molecular weight excluding hydrogens is 389 g/mol. The van der Waals surface area contributed by atoms with Gasteiger partial charge in [-0.3, -0.25) is 9.69 Å². The van der Waals surface area contributed by atoms with E-state index in [1.807, 2.05) is 17.4 Å². The number of hydrogen-bond donors (Lipinski definition) is 1. The number of anilines is 2. The maximum Gasteiger partial charge on any atom is 0.224 e. The van der Waals surface area contributed by atoms with Crippen LogP contribution in [0.1, 0.15) is 22.6 Å². The molecule has 0 atom stereocenters. The van der Waals surface area contributed by atoms with E-state index in [1.54, 1.807) is 12.3 Å². The van der Waals surface area contributed by atoms with Crippen LogP contribution in [0.5, 0.6) is 0 Å². The van der Waals surface area contributed by atoms with E-state index in [0.717, 1.165) is 63.4 Å². The molecule has 5 rings (SSSR count). The number of carbonyl (C=O) groups excluding carboxylic acids is 1. The molecule has 0 bridgehead atoms. The third kappa shape index (κ3) is 3.76. The van der Waals surface area contributed by atoms with Crippen LogP contribution in [0.25, 0.3) is 11.0 Å². The number of aryl methyl sites for hydroxylation is 1. The number of nitrogens with zero attached hydrogens (tertiary/aromatic N) is 2. The molecule has 2 aliphatic heterocycles. The summed E-state index contributed by atoms with van der Waals surface area (Å²) < 4.78 is 19.8. The lowest BCUT2D eigenvalue weighted by Gasteiger charge is -2.35. The topological polar surface area (TPSA) is 48.7 Å². The zero-order valence-electron chi connectivity index (χ0n) is 16.2. The number of nitrogens with one attached hydrogen (secondary N) is 1. The molecule has 1 aromatic carbocycles. The fourth-order valence-electron chi connectivity index (χ4n) is 4.26. The number of thiophene rings is 1. The third-order valence-electron chi connectivity index (χ3n) is 5.86. The van der Waals surface area contributed by atoms with Crippen molar-refractivity contribution in [2.45, 2.75) is 25.7 Å². The van der Waals surface area contributed by atoms with Gasteiger partial charge in [0, 0.05) is 48.9 Å². The highest BCUT2D eigenvalue weighted by Crippen LogP contribution is 2.33. The van der Waals surface area contributed by atoms with Gasteiger partial charge in [0.2, 0.25) is 5.91 Å². The SMILES string of the molecule is O=C1CCCc2sc(CCN3CCN(c4coc5cccc(F)c45)CC3)cc2N1. The van der Waals surface area contributed by atoms with Crippen LogP contribution in [-0.4, -0.2) is 43.5 Å². The molecule has 1 fully saturated rings. The molecule has 2 aromatic heterocycles. The maximum absolute atomic E-state index is 14.2. The fraction of sp³-hybridized carbons (Fsp3) is 0.409. The molecule has 5 nitrogen and oxygen atoms in total. The van der Waals surface area contributed by atoms with Crippen LogP contribution in [0, 0.1) is 5.82 Å². The molecule has 1 saturated heterocycles. The monoisotopic (exact) mass is 413 g/mol. The standard InChI is InChI=1S/C22H24FN3O2S/c23-16-3-1-4-19-22(16)18(14-28-19)26-11-9-25(10-12-26)8-7-15-13-17-20(29-15)5-2-6-21(27)24-17/h1,3-4,13-14H,2,5-12H2,(H,24,27). The minimum Gasteiger partial charge on any atom is -0.462 e. The zero-order valence-corrected chi connectivity index (χ0v) is 17.1. The second-order valence-electron chi connectivity index (χ2n) is 7.76. The van der Waals surface area contributed by atoms with Crippen molar-refractivity contribution in [1.82, 2.24) is 4.90 Å². The van der Waals surface area contributed by atoms with Gasteiger partial charge in [0.05, 0.1) is 16.8 Å². The summed E-state index contributed by atoms with van der Waals surface area (Å²) in [6, 6.07) is 7.13. The first-order valence-corrected chi connectivity index (χ1v) is 11.0. The van der Waals surface area contributed by atoms with E-state index >= 15 is 0 Å². The van der Waals surface area contributed by atoms with Crippen molar-refractivity contribution in [2.24, 2.45) is 0 Å². The normalized spacial score (nSPS) is 18.0. The van der Waals surface area contributed by atoms with Crippen LogP contribution in [-0.2, 0) is 17.6 Å². The van der Waals surface area contributed by atoms with E-state index in [-0.39, 0.29) is 11.7 Å². The molecule has 2 aliphatic rings. The molecule has 1 amide bonds. The van der Waals surface area contributed by atoms with E-state index in [2.05, 4.69) is 21.2 Å². The minimum absolute atomic E-state index is 0.132. The number of amides is 1. The maximum atomic E-state index is 14.2. The highest BCUT2D eigenvalue weighted by molar-refractivity contribution is 7.12. The summed E-state index contributed by atoms with van der Waals surface area (Å²) in [6.45, 7) is 4.62. The first kappa shape index (κ1) is 18.6. The third-order valence-corrected chi connectivity index (χ3v) is 7.11. The zero-order chi connectivity index (χ0) is 19.8. The van der Waals surface area contributed by atoms with Gasteiger partial charge < -0.3 is 14.6 Å². The van der Waals surface area contributed by atoms with Crippen molar-refractivity contribution >= 4 is 39.6 Å². The first-order valence-electron chi connectivity index (χ1n) is 10.2. The van der Waals surface area contributed by atoms with E-state index in [1.165, 1.54) is 15.8 Å². The average Bonchev–Trinajstić information content (AvgIpc) is 3.28. The Morgan fingerprint density at radius 2 is 2.03 bits per heavy atom. The lowest BCUT2D eigenvalue weighted by molar-refractivity contribution is -0.116. The molecule has 0 saturated carbocycles. The predicted octanol–water partition coefficient (Wildman–Crippen LogP) is 4.27. The van der Waals surface area contributed by atoms with Crippen LogP contribution >= 0.6 is 11.3 Å². The second-order valence-corrected chi connectivity index (χ2v) is 8.99. The van der Waals surface area contributed by atoms with Gasteiger partial charge >= 0.3 is 0 Å². The van der Waals surface area contributed by atoms with E-state index in [4.69, 9.17) is 4.42 Å². The summed E-state index contributed by atoms with van der Waals surface area (Å²) in [5.41, 5.74) is 2.48. The molecule has 7 heteroatoms. The Labute approximate surface area is 173 Å². The number of benzene rings is 1. The molecule has 152 valence electrons. The predicted molar refractivity (Wildman–Crippen MR) is 114 cm³/mol. The van der Waals surface area contributed by atoms with Crippen LogP contribution in [0.3, 0.4) is 0 Å². The lowest BCUT2D eigenvalue weighted by atomic mass is 10.2. The van der Waals surface area contributed by atoms with Gasteiger partial charge in [0.15, 0.2) is 0 Å². The van der Waals surface area contributed by atoms with Gasteiger partial charge in [-0.05, 0) is 37.5 Å². The van der Waals surface area contributed by atoms with Crippen molar-refractivity contribution in [3.05, 3.63) is 46.1 Å². The largest absolute Gasteiger partial charge is 0.462 e. The quantitative estimate of drug-likeness (QED) is 0.694. The smallest absolute Gasteiger partial charge is 0.224 e. The van der Waals surface area contributed by atoms with Gasteiger partial charge in [0.1, 0.15) is 17.7 Å².